The van der Waals surface area contributed by atoms with Crippen LogP contribution in [0.4, 0.5) is 0 Å². The zero-order chi connectivity index (χ0) is 19.1. The number of hydrogen-bond acceptors (Lipinski definition) is 3. The predicted octanol–water partition coefficient (Wildman–Crippen LogP) is 5.10. The van der Waals surface area contributed by atoms with Gasteiger partial charge in [0, 0.05) is 27.6 Å². The lowest BCUT2D eigenvalue weighted by Gasteiger charge is -1.91. The van der Waals surface area contributed by atoms with Crippen molar-refractivity contribution in [3.8, 4) is 0 Å². The molecule has 130 valence electrons. The summed E-state index contributed by atoms with van der Waals surface area (Å²) in [6, 6.07) is 15.9. The van der Waals surface area contributed by atoms with Crippen LogP contribution in [-0.4, -0.2) is 25.0 Å². The lowest BCUT2D eigenvalue weighted by atomic mass is 10.1. The molecule has 0 unspecified atom stereocenters. The van der Waals surface area contributed by atoms with Gasteiger partial charge in [0.05, 0.1) is 30.4 Å². The summed E-state index contributed by atoms with van der Waals surface area (Å²) < 4.78 is 8.44. The number of aromatic amines is 2. The third-order valence-corrected chi connectivity index (χ3v) is 4.36. The van der Waals surface area contributed by atoms with E-state index in [9.17, 15) is 5.11 Å². The molecular weight excluding hydrogens is 336 g/mol. The summed E-state index contributed by atoms with van der Waals surface area (Å²) in [6.07, 6.45) is 6.26. The molecule has 5 rings (SSSR count). The van der Waals surface area contributed by atoms with Gasteiger partial charge >= 0.3 is 0 Å². The van der Waals surface area contributed by atoms with Crippen molar-refractivity contribution in [2.24, 2.45) is 0 Å². The van der Waals surface area contributed by atoms with E-state index < -0.39 is 0 Å². The summed E-state index contributed by atoms with van der Waals surface area (Å²) >= 11 is 0. The molecule has 0 spiro atoms. The molecule has 2 aliphatic rings. The molecule has 5 nitrogen and oxygen atoms in total. The van der Waals surface area contributed by atoms with Gasteiger partial charge in [-0.15, -0.1) is 0 Å². The predicted molar refractivity (Wildman–Crippen MR) is 110 cm³/mol. The van der Waals surface area contributed by atoms with Gasteiger partial charge in [0.15, 0.2) is 0 Å². The highest BCUT2D eigenvalue weighted by Gasteiger charge is 2.09. The summed E-state index contributed by atoms with van der Waals surface area (Å²) in [5.41, 5.74) is 7.00. The van der Waals surface area contributed by atoms with Crippen LogP contribution in [0.15, 0.2) is 60.9 Å². The Hall–Kier alpha value is -3.86. The van der Waals surface area contributed by atoms with Crippen LogP contribution in [0.2, 0.25) is 0 Å². The molecule has 0 amide bonds. The van der Waals surface area contributed by atoms with E-state index in [4.69, 9.17) is 1.37 Å². The number of nitrogens with zero attached hydrogens (tertiary/aromatic N) is 2. The molecule has 3 aromatic heterocycles. The summed E-state index contributed by atoms with van der Waals surface area (Å²) in [5, 5.41) is 9.25. The number of rotatable bonds is 1. The van der Waals surface area contributed by atoms with E-state index in [1.165, 1.54) is 6.08 Å². The van der Waals surface area contributed by atoms with Crippen LogP contribution < -0.4 is 0 Å². The van der Waals surface area contributed by atoms with Gasteiger partial charge in [0.2, 0.25) is 0 Å². The maximum Gasteiger partial charge on any atom is 0.0798 e. The van der Waals surface area contributed by atoms with E-state index in [-0.39, 0.29) is 6.05 Å². The van der Waals surface area contributed by atoms with E-state index in [0.717, 1.165) is 39.7 Å². The number of aromatic nitrogens is 4. The van der Waals surface area contributed by atoms with Crippen LogP contribution in [0.5, 0.6) is 0 Å². The van der Waals surface area contributed by atoms with Crippen LogP contribution in [0.1, 0.15) is 24.1 Å². The average molecular weight is 353 g/mol. The maximum absolute atomic E-state index is 9.25. The van der Waals surface area contributed by atoms with E-state index in [0.29, 0.717) is 17.0 Å². The molecule has 2 aliphatic heterocycles. The molecular formula is C22H16N4O. The molecule has 0 aliphatic carbocycles. The Morgan fingerprint density at radius 2 is 1.37 bits per heavy atom. The number of aliphatic hydroxyl groups excluding tert-OH is 1. The van der Waals surface area contributed by atoms with Gasteiger partial charge in [-0.2, -0.15) is 0 Å². The number of allylic oxidation sites excluding steroid dienone is 2. The first kappa shape index (κ1) is 14.3. The van der Waals surface area contributed by atoms with Crippen LogP contribution in [0.3, 0.4) is 0 Å². The summed E-state index contributed by atoms with van der Waals surface area (Å²) in [4.78, 5) is 15.9. The van der Waals surface area contributed by atoms with Crippen molar-refractivity contribution >= 4 is 45.8 Å². The molecule has 0 aromatic carbocycles. The highest BCUT2D eigenvalue weighted by molar-refractivity contribution is 5.89. The first-order valence-electron chi connectivity index (χ1n) is 9.07. The van der Waals surface area contributed by atoms with Crippen LogP contribution >= 0.6 is 0 Å². The van der Waals surface area contributed by atoms with Crippen molar-refractivity contribution in [2.45, 2.75) is 0 Å². The fraction of sp³-hybridized carbons (Fsp3) is 0. The summed E-state index contributed by atoms with van der Waals surface area (Å²) in [7, 11) is 0. The molecule has 0 radical (unpaired) electrons. The Labute approximate surface area is 156 Å². The third kappa shape index (κ3) is 3.06. The van der Waals surface area contributed by atoms with Gasteiger partial charge in [-0.05, 0) is 72.8 Å². The summed E-state index contributed by atoms with van der Waals surface area (Å²) in [5.74, 6) is 0. The monoisotopic (exact) mass is 353 g/mol. The molecule has 0 fully saturated rings. The van der Waals surface area contributed by atoms with Crippen molar-refractivity contribution < 1.29 is 6.48 Å². The van der Waals surface area contributed by atoms with Crippen LogP contribution in [-0.2, 0) is 0 Å². The fourth-order valence-corrected chi connectivity index (χ4v) is 3.17. The van der Waals surface area contributed by atoms with Crippen molar-refractivity contribution in [3.05, 3.63) is 83.6 Å². The molecule has 5 heterocycles. The second-order valence-electron chi connectivity index (χ2n) is 6.35. The largest absolute Gasteiger partial charge is 0.516 e. The van der Waals surface area contributed by atoms with Crippen molar-refractivity contribution in [1.82, 2.24) is 19.9 Å². The van der Waals surface area contributed by atoms with Gasteiger partial charge in [-0.3, -0.25) is 0 Å². The third-order valence-electron chi connectivity index (χ3n) is 4.36. The van der Waals surface area contributed by atoms with E-state index in [1.807, 2.05) is 60.7 Å². The molecule has 0 atom stereocenters. The second kappa shape index (κ2) is 6.14. The number of H-pyrrole nitrogens is 2. The molecule has 3 N–H and O–H groups in total. The lowest BCUT2D eigenvalue weighted by Crippen LogP contribution is -1.81. The second-order valence-corrected chi connectivity index (χ2v) is 6.35. The lowest BCUT2D eigenvalue weighted by molar-refractivity contribution is 0.474. The number of fused-ring (bicyclic) bond motifs is 8. The van der Waals surface area contributed by atoms with Gasteiger partial charge in [-0.1, -0.05) is 0 Å². The van der Waals surface area contributed by atoms with Gasteiger partial charge in [0.1, 0.15) is 0 Å². The number of hydrogen-bond donors (Lipinski definition) is 3. The smallest absolute Gasteiger partial charge is 0.0798 e. The average Bonchev–Trinajstić information content (AvgIpc) is 3.44. The minimum absolute atomic E-state index is 0.257. The van der Waals surface area contributed by atoms with Crippen LogP contribution in [0, 0.1) is 0 Å². The first-order valence-corrected chi connectivity index (χ1v) is 8.57. The minimum Gasteiger partial charge on any atom is -0.516 e. The topological polar surface area (TPSA) is 77.6 Å². The molecule has 27 heavy (non-hydrogen) atoms. The SMILES string of the molecule is [2H]C1=C(C=CO)c2cc3nc(cc4ccc(cc5ccc(cc1n2)[nH]5)[nH]4)C=C3. The first-order chi connectivity index (χ1) is 13.7. The van der Waals surface area contributed by atoms with Gasteiger partial charge < -0.3 is 15.1 Å². The molecule has 8 bridgehead atoms. The van der Waals surface area contributed by atoms with E-state index >= 15 is 0 Å². The zero-order valence-electron chi connectivity index (χ0n) is 15.3. The Balaban J connectivity index is 1.87. The Bertz CT molecular complexity index is 1340. The van der Waals surface area contributed by atoms with Crippen molar-refractivity contribution in [2.75, 3.05) is 0 Å². The molecule has 0 saturated carbocycles. The van der Waals surface area contributed by atoms with Gasteiger partial charge in [-0.25, -0.2) is 9.97 Å². The minimum atomic E-state index is 0.257. The molecule has 3 aromatic rings. The van der Waals surface area contributed by atoms with Crippen molar-refractivity contribution in [3.63, 3.8) is 0 Å². The quantitative estimate of drug-likeness (QED) is 0.417. The zero-order valence-corrected chi connectivity index (χ0v) is 14.3. The summed E-state index contributed by atoms with van der Waals surface area (Å²) in [6.45, 7) is 0. The Morgan fingerprint density at radius 3 is 2.04 bits per heavy atom. The maximum atomic E-state index is 9.25. The molecule has 5 heteroatoms. The standard InChI is InChI=1S/C22H16N4O/c27-8-7-14-9-21-12-19-4-3-17(24-19)10-15-1-2-16(23-15)11-18-5-6-20(25-18)13-22(14)26-21/h1-13,23-24,27H/i9D. The van der Waals surface area contributed by atoms with Gasteiger partial charge in [0.25, 0.3) is 0 Å². The Kier molecular flexibility index (Phi) is 3.26. The van der Waals surface area contributed by atoms with Crippen molar-refractivity contribution in [1.29, 1.82) is 0 Å². The Morgan fingerprint density at radius 1 is 0.778 bits per heavy atom. The van der Waals surface area contributed by atoms with E-state index in [1.54, 1.807) is 0 Å². The fourth-order valence-electron chi connectivity index (χ4n) is 3.17. The number of nitrogens with one attached hydrogen (secondary N) is 2. The van der Waals surface area contributed by atoms with E-state index in [2.05, 4.69) is 19.9 Å². The molecule has 0 saturated heterocycles. The van der Waals surface area contributed by atoms with Crippen LogP contribution in [0.25, 0.3) is 45.8 Å². The normalized spacial score (nSPS) is 14.1. The number of aliphatic hydroxyl groups is 1. The highest BCUT2D eigenvalue weighted by atomic mass is 16.2. The highest BCUT2D eigenvalue weighted by Crippen LogP contribution is 2.24.